The van der Waals surface area contributed by atoms with Crippen molar-refractivity contribution < 1.29 is 23.3 Å². The van der Waals surface area contributed by atoms with Crippen LogP contribution < -0.4 is 0 Å². The first kappa shape index (κ1) is 55.9. The van der Waals surface area contributed by atoms with Gasteiger partial charge in [-0.1, -0.05) is 173 Å². The van der Waals surface area contributed by atoms with Crippen molar-refractivity contribution in [2.45, 2.75) is 157 Å². The van der Waals surface area contributed by atoms with Crippen LogP contribution in [0.4, 0.5) is 0 Å². The summed E-state index contributed by atoms with van der Waals surface area (Å²) in [5.41, 5.74) is 15.0. The summed E-state index contributed by atoms with van der Waals surface area (Å²) in [4.78, 5) is 0. The van der Waals surface area contributed by atoms with E-state index in [1.54, 1.807) is 11.1 Å². The molecule has 0 spiro atoms. The molecule has 2 aliphatic rings. The SMILES string of the molecule is CCC1(Cc2cc3c(-c4cc(C)cc(C)c4)cccc3[cH-]2)CCCCCCC1.CCC1(Cc2cc3c(-c4cc(C)cc(C)c4)cccc3[cH-]2)CCCCCCC1.Cl.Cl.[CH3-].[CH3-].[Si]=[Zr]. The van der Waals surface area contributed by atoms with Crippen molar-refractivity contribution in [2.24, 2.45) is 10.8 Å². The number of halogens is 2. The molecule has 0 atom stereocenters. The van der Waals surface area contributed by atoms with E-state index in [-0.39, 0.29) is 39.7 Å². The standard InChI is InChI=1S/2C28H35.2CH3.2ClH.Si.Zr/c2*1-4-28(13-8-6-5-7-9-14-28)20-23-18-24-11-10-12-26(27(24)19-23)25-16-21(2)15-22(3)17-25;;;;;;/h2*10-12,15-19H,4-9,13-14,20H2,1-3H3;2*1H3;2*1H;;/q4*-1;;;;. The number of hydrogen-bond acceptors (Lipinski definition) is 0. The second kappa shape index (κ2) is 26.7. The van der Waals surface area contributed by atoms with E-state index in [9.17, 15) is 0 Å². The van der Waals surface area contributed by atoms with Crippen LogP contribution in [-0.2, 0) is 36.2 Å². The Labute approximate surface area is 409 Å². The summed E-state index contributed by atoms with van der Waals surface area (Å²) in [6.45, 7) is 16.7. The molecule has 0 nitrogen and oxygen atoms in total. The van der Waals surface area contributed by atoms with Gasteiger partial charge in [0.1, 0.15) is 0 Å². The van der Waals surface area contributed by atoms with Gasteiger partial charge in [-0.25, -0.2) is 0 Å². The Hall–Kier alpha value is -2.22. The molecule has 0 unspecified atom stereocenters. The zero-order valence-corrected chi connectivity index (χ0v) is 44.9. The van der Waals surface area contributed by atoms with Crippen LogP contribution >= 0.6 is 24.8 Å². The van der Waals surface area contributed by atoms with E-state index in [4.69, 9.17) is 0 Å². The molecule has 8 rings (SSSR count). The van der Waals surface area contributed by atoms with E-state index in [1.807, 2.05) is 0 Å². The number of rotatable bonds is 8. The Bertz CT molecular complexity index is 2030. The molecule has 0 aromatic heterocycles. The van der Waals surface area contributed by atoms with Gasteiger partial charge < -0.3 is 14.9 Å². The van der Waals surface area contributed by atoms with E-state index in [2.05, 4.69) is 145 Å². The third-order valence-corrected chi connectivity index (χ3v) is 14.2. The summed E-state index contributed by atoms with van der Waals surface area (Å²) in [7, 11) is 0. The molecule has 6 aromatic rings. The van der Waals surface area contributed by atoms with Crippen molar-refractivity contribution in [2.75, 3.05) is 0 Å². The monoisotopic (exact) mass is 962 g/mol. The van der Waals surface area contributed by atoms with Gasteiger partial charge in [0.25, 0.3) is 0 Å². The fraction of sp³-hybridized carbons (Fsp3) is 0.448. The van der Waals surface area contributed by atoms with Gasteiger partial charge in [-0.2, -0.15) is 12.1 Å². The zero-order chi connectivity index (χ0) is 41.1. The zero-order valence-electron chi connectivity index (χ0n) is 39.8. The Morgan fingerprint density at radius 2 is 0.774 bits per heavy atom. The fourth-order valence-electron chi connectivity index (χ4n) is 11.0. The second-order valence-corrected chi connectivity index (χ2v) is 18.7. The number of fused-ring (bicyclic) bond motifs is 2. The molecule has 0 amide bonds. The second-order valence-electron chi connectivity index (χ2n) is 18.7. The molecule has 4 heteroatoms. The van der Waals surface area contributed by atoms with Crippen LogP contribution in [0.5, 0.6) is 0 Å². The molecule has 2 aliphatic carbocycles. The van der Waals surface area contributed by atoms with Crippen LogP contribution in [0.2, 0.25) is 0 Å². The Morgan fingerprint density at radius 1 is 0.468 bits per heavy atom. The first-order valence-electron chi connectivity index (χ1n) is 23.0. The maximum atomic E-state index is 3.06. The van der Waals surface area contributed by atoms with Crippen molar-refractivity contribution in [3.8, 4) is 22.3 Å². The van der Waals surface area contributed by atoms with Gasteiger partial charge in [0.2, 0.25) is 0 Å². The molecular weight excluding hydrogens is 887 g/mol. The molecule has 336 valence electrons. The first-order valence-corrected chi connectivity index (χ1v) is 27.1. The minimum absolute atomic E-state index is 0. The van der Waals surface area contributed by atoms with Crippen LogP contribution in [0.15, 0.2) is 97.1 Å². The van der Waals surface area contributed by atoms with Crippen LogP contribution in [0.25, 0.3) is 43.8 Å². The van der Waals surface area contributed by atoms with Gasteiger partial charge in [0.05, 0.1) is 0 Å². The van der Waals surface area contributed by atoms with E-state index in [0.29, 0.717) is 10.8 Å². The van der Waals surface area contributed by atoms with Gasteiger partial charge in [-0.3, -0.25) is 0 Å². The molecule has 0 aliphatic heterocycles. The van der Waals surface area contributed by atoms with Crippen molar-refractivity contribution in [3.63, 3.8) is 0 Å². The summed E-state index contributed by atoms with van der Waals surface area (Å²) in [6.07, 6.45) is 25.1. The molecule has 6 aromatic carbocycles. The molecule has 0 saturated heterocycles. The summed E-state index contributed by atoms with van der Waals surface area (Å²) in [5.74, 6) is 0. The van der Waals surface area contributed by atoms with Gasteiger partial charge in [0, 0.05) is 0 Å². The first-order chi connectivity index (χ1) is 28.2. The third-order valence-electron chi connectivity index (χ3n) is 14.2. The van der Waals surface area contributed by atoms with Gasteiger partial charge >= 0.3 is 30.2 Å². The molecule has 2 fully saturated rings. The van der Waals surface area contributed by atoms with Gasteiger partial charge in [-0.05, 0) is 88.2 Å². The summed E-state index contributed by atoms with van der Waals surface area (Å²) >= 11 is 1.36. The van der Waals surface area contributed by atoms with Crippen LogP contribution in [0.3, 0.4) is 0 Å². The molecular formula is C58H78Cl2SiZr-4. The van der Waals surface area contributed by atoms with Crippen LogP contribution in [0, 0.1) is 53.4 Å². The van der Waals surface area contributed by atoms with Crippen molar-refractivity contribution in [1.29, 1.82) is 0 Å². The van der Waals surface area contributed by atoms with Crippen LogP contribution in [0.1, 0.15) is 150 Å². The molecule has 0 N–H and O–H groups in total. The Kier molecular flexibility index (Phi) is 24.0. The fourth-order valence-corrected chi connectivity index (χ4v) is 11.0. The molecule has 62 heavy (non-hydrogen) atoms. The number of aryl methyl sites for hydroxylation is 4. The van der Waals surface area contributed by atoms with Crippen molar-refractivity contribution in [3.05, 3.63) is 145 Å². The molecule has 2 saturated carbocycles. The Morgan fingerprint density at radius 3 is 1.08 bits per heavy atom. The summed E-state index contributed by atoms with van der Waals surface area (Å²) < 4.78 is 0. The van der Waals surface area contributed by atoms with E-state index in [0.717, 1.165) is 0 Å². The number of hydrogen-bond donors (Lipinski definition) is 0. The Balaban J connectivity index is 0.000000386. The molecule has 0 bridgehead atoms. The average Bonchev–Trinajstić information content (AvgIpc) is 3.80. The quantitative estimate of drug-likeness (QED) is 0.105. The normalized spacial score (nSPS) is 15.8. The topological polar surface area (TPSA) is 0 Å². The average molecular weight is 965 g/mol. The molecule has 0 heterocycles. The van der Waals surface area contributed by atoms with Gasteiger partial charge in [-0.15, -0.1) is 93.9 Å². The van der Waals surface area contributed by atoms with Crippen LogP contribution in [-0.4, -0.2) is 6.88 Å². The predicted molar refractivity (Wildman–Crippen MR) is 279 cm³/mol. The van der Waals surface area contributed by atoms with Crippen molar-refractivity contribution in [1.82, 2.24) is 0 Å². The van der Waals surface area contributed by atoms with E-state index >= 15 is 0 Å². The number of benzene rings is 4. The van der Waals surface area contributed by atoms with E-state index < -0.39 is 0 Å². The summed E-state index contributed by atoms with van der Waals surface area (Å²) in [6, 6.07) is 37.4. The van der Waals surface area contributed by atoms with E-state index in [1.165, 1.54) is 205 Å². The third kappa shape index (κ3) is 14.4. The maximum absolute atomic E-state index is 3.06. The van der Waals surface area contributed by atoms with Crippen molar-refractivity contribution >= 4 is 53.2 Å². The molecule has 2 radical (unpaired) electrons. The predicted octanol–water partition coefficient (Wildman–Crippen LogP) is 18.4. The van der Waals surface area contributed by atoms with Gasteiger partial charge in [0.15, 0.2) is 0 Å². The minimum atomic E-state index is 0. The summed E-state index contributed by atoms with van der Waals surface area (Å²) in [5, 5.41) is 5.67.